The van der Waals surface area contributed by atoms with Gasteiger partial charge in [-0.25, -0.2) is 4.79 Å². The summed E-state index contributed by atoms with van der Waals surface area (Å²) in [7, 11) is 0. The zero-order valence-electron chi connectivity index (χ0n) is 17.0. The number of hydrogen-bond donors (Lipinski definition) is 6. The summed E-state index contributed by atoms with van der Waals surface area (Å²) in [5, 5.41) is 14.9. The summed E-state index contributed by atoms with van der Waals surface area (Å²) in [6, 6.07) is 8.20. The third-order valence-electron chi connectivity index (χ3n) is 5.90. The number of H-pyrrole nitrogens is 2. The molecule has 164 valence electrons. The number of rotatable bonds is 3. The largest absolute Gasteiger partial charge is 0.506 e. The second-order valence-corrected chi connectivity index (χ2v) is 8.40. The third kappa shape index (κ3) is 3.16. The minimum Gasteiger partial charge on any atom is -0.506 e. The van der Waals surface area contributed by atoms with Crippen molar-refractivity contribution in [3.05, 3.63) is 53.3 Å². The Morgan fingerprint density at radius 1 is 1.31 bits per heavy atom. The van der Waals surface area contributed by atoms with Crippen molar-refractivity contribution in [1.29, 1.82) is 0 Å². The van der Waals surface area contributed by atoms with Gasteiger partial charge in [0.05, 0.1) is 11.2 Å². The number of nitrogens with zero attached hydrogens (tertiary/aromatic N) is 1. The maximum Gasteiger partial charge on any atom is 0.329 e. The number of alkyl halides is 1. The van der Waals surface area contributed by atoms with E-state index in [9.17, 15) is 14.7 Å². The molecule has 5 N–H and O–H groups in total. The van der Waals surface area contributed by atoms with E-state index in [-0.39, 0.29) is 17.6 Å². The number of amides is 3. The lowest BCUT2D eigenvalue weighted by molar-refractivity contribution is 0.0984. The number of halogens is 1. The number of carbonyl (C=O) groups excluding carboxylic acids is 2. The summed E-state index contributed by atoms with van der Waals surface area (Å²) in [6.07, 6.45) is 1.84. The number of carbonyl (C=O) groups is 2. The number of thiol groups is 1. The summed E-state index contributed by atoms with van der Waals surface area (Å²) in [5.41, 5.74) is 5.03. The van der Waals surface area contributed by atoms with Crippen molar-refractivity contribution in [2.45, 2.75) is 12.8 Å². The lowest BCUT2D eigenvalue weighted by Gasteiger charge is -2.17. The first-order valence-electron chi connectivity index (χ1n) is 9.96. The number of hydrogen-bond acceptors (Lipinski definition) is 4. The summed E-state index contributed by atoms with van der Waals surface area (Å²) in [4.78, 5) is 32.9. The molecule has 1 aliphatic rings. The van der Waals surface area contributed by atoms with E-state index >= 15 is 0 Å². The van der Waals surface area contributed by atoms with Crippen LogP contribution in [0.2, 0.25) is 0 Å². The number of phenols is 1. The Balaban J connectivity index is 1.55. The van der Waals surface area contributed by atoms with Gasteiger partial charge in [0, 0.05) is 52.6 Å². The van der Waals surface area contributed by atoms with Gasteiger partial charge >= 0.3 is 6.03 Å². The lowest BCUT2D eigenvalue weighted by atomic mass is 9.97. The van der Waals surface area contributed by atoms with E-state index in [1.54, 1.807) is 35.2 Å². The number of nitrogens with one attached hydrogen (secondary N) is 4. The van der Waals surface area contributed by atoms with Gasteiger partial charge in [0.15, 0.2) is 0 Å². The number of aromatic hydroxyl groups is 1. The predicted molar refractivity (Wildman–Crippen MR) is 129 cm³/mol. The van der Waals surface area contributed by atoms with E-state index in [0.717, 1.165) is 27.4 Å². The Labute approximate surface area is 193 Å². The van der Waals surface area contributed by atoms with E-state index < -0.39 is 6.03 Å². The first kappa shape index (κ1) is 20.6. The molecule has 2 aromatic carbocycles. The molecule has 1 atom stereocenters. The molecule has 4 aromatic rings. The highest BCUT2D eigenvalue weighted by molar-refractivity contribution is 7.78. The smallest absolute Gasteiger partial charge is 0.329 e. The van der Waals surface area contributed by atoms with Gasteiger partial charge in [-0.05, 0) is 42.3 Å². The third-order valence-corrected chi connectivity index (χ3v) is 6.47. The molecule has 1 unspecified atom stereocenters. The molecule has 0 fully saturated rings. The van der Waals surface area contributed by atoms with Crippen LogP contribution in [0.3, 0.4) is 0 Å². The van der Waals surface area contributed by atoms with Gasteiger partial charge in [0.25, 0.3) is 5.91 Å². The van der Waals surface area contributed by atoms with Gasteiger partial charge in [-0.15, -0.1) is 11.6 Å². The van der Waals surface area contributed by atoms with Gasteiger partial charge in [0.2, 0.25) is 0 Å². The highest BCUT2D eigenvalue weighted by atomic mass is 35.5. The maximum absolute atomic E-state index is 13.5. The van der Waals surface area contributed by atoms with Crippen molar-refractivity contribution >= 4 is 69.5 Å². The molecule has 0 saturated carbocycles. The van der Waals surface area contributed by atoms with Crippen LogP contribution in [0.25, 0.3) is 21.8 Å². The molecule has 0 saturated heterocycles. The molecule has 2 aromatic heterocycles. The van der Waals surface area contributed by atoms with Gasteiger partial charge in [0.1, 0.15) is 11.4 Å². The van der Waals surface area contributed by atoms with Gasteiger partial charge in [-0.3, -0.25) is 9.52 Å². The maximum atomic E-state index is 13.5. The topological polar surface area (TPSA) is 113 Å². The minimum absolute atomic E-state index is 0.0480. The Bertz CT molecular complexity index is 1400. The highest BCUT2D eigenvalue weighted by Gasteiger charge is 2.36. The van der Waals surface area contributed by atoms with Crippen molar-refractivity contribution in [3.63, 3.8) is 0 Å². The first-order chi connectivity index (χ1) is 15.4. The van der Waals surface area contributed by atoms with Gasteiger partial charge in [-0.1, -0.05) is 12.8 Å². The number of aryl methyl sites for hydroxylation is 1. The van der Waals surface area contributed by atoms with Crippen LogP contribution in [0.4, 0.5) is 16.2 Å². The molecule has 3 heterocycles. The van der Waals surface area contributed by atoms with Crippen LogP contribution in [0, 0.1) is 6.92 Å². The average Bonchev–Trinajstić information content (AvgIpc) is 3.48. The number of benzene rings is 2. The van der Waals surface area contributed by atoms with E-state index in [4.69, 9.17) is 11.6 Å². The summed E-state index contributed by atoms with van der Waals surface area (Å²) < 4.78 is 2.20. The zero-order chi connectivity index (χ0) is 22.6. The minimum atomic E-state index is -0.452. The van der Waals surface area contributed by atoms with Crippen molar-refractivity contribution in [2.75, 3.05) is 22.6 Å². The van der Waals surface area contributed by atoms with Crippen LogP contribution in [0.1, 0.15) is 27.5 Å². The molecule has 0 bridgehead atoms. The normalized spacial score (nSPS) is 15.3. The lowest BCUT2D eigenvalue weighted by Crippen LogP contribution is -2.30. The monoisotopic (exact) mass is 469 g/mol. The molecule has 0 spiro atoms. The van der Waals surface area contributed by atoms with Crippen molar-refractivity contribution in [1.82, 2.24) is 14.7 Å². The second kappa shape index (κ2) is 7.68. The summed E-state index contributed by atoms with van der Waals surface area (Å²) in [6.45, 7) is 2.39. The van der Waals surface area contributed by atoms with Crippen molar-refractivity contribution in [2.24, 2.45) is 0 Å². The molecule has 10 heteroatoms. The predicted octanol–water partition coefficient (Wildman–Crippen LogP) is 4.61. The first-order valence-corrected chi connectivity index (χ1v) is 10.9. The van der Waals surface area contributed by atoms with E-state index in [1.807, 2.05) is 13.1 Å². The second-order valence-electron chi connectivity index (χ2n) is 7.87. The Morgan fingerprint density at radius 3 is 2.88 bits per heavy atom. The molecule has 32 heavy (non-hydrogen) atoms. The zero-order valence-corrected chi connectivity index (χ0v) is 18.6. The van der Waals surface area contributed by atoms with Crippen LogP contribution in [-0.4, -0.2) is 39.4 Å². The van der Waals surface area contributed by atoms with Crippen LogP contribution >= 0.6 is 24.4 Å². The van der Waals surface area contributed by atoms with Gasteiger partial charge < -0.3 is 25.3 Å². The molecule has 8 nitrogen and oxygen atoms in total. The fourth-order valence-electron chi connectivity index (χ4n) is 4.47. The molecule has 3 amide bonds. The number of fused-ring (bicyclic) bond motifs is 4. The van der Waals surface area contributed by atoms with Crippen molar-refractivity contribution < 1.29 is 14.7 Å². The van der Waals surface area contributed by atoms with E-state index in [1.165, 1.54) is 0 Å². The van der Waals surface area contributed by atoms with Crippen molar-refractivity contribution in [3.8, 4) is 5.75 Å². The summed E-state index contributed by atoms with van der Waals surface area (Å²) >= 11 is 10.0. The Hall–Kier alpha value is -3.30. The molecule has 0 aliphatic carbocycles. The van der Waals surface area contributed by atoms with E-state index in [0.29, 0.717) is 35.0 Å². The fraction of sp³-hybridized carbons (Fsp3) is 0.182. The number of urea groups is 1. The van der Waals surface area contributed by atoms with Crippen LogP contribution < -0.4 is 14.9 Å². The molecular formula is C22H20ClN5O3S. The SMILES string of the molecule is Cc1c[nH]c2c(O)cc3c(c12)C(CCl)CN3C(=O)c1cc2cc(NC(=O)NS)ccc2[nH]1. The quantitative estimate of drug-likeness (QED) is 0.194. The van der Waals surface area contributed by atoms with Crippen LogP contribution in [0.5, 0.6) is 5.75 Å². The average molecular weight is 470 g/mol. The van der Waals surface area contributed by atoms with Crippen LogP contribution in [0.15, 0.2) is 36.5 Å². The molecule has 1 aliphatic heterocycles. The molecule has 5 rings (SSSR count). The number of aromatic amines is 2. The molecular weight excluding hydrogens is 450 g/mol. The number of phenolic OH excluding ortho intramolecular Hbond substituents is 1. The Kier molecular flexibility index (Phi) is 4.94. The standard InChI is InChI=1S/C22H20ClN5O3S/c1-10-8-24-20-17(29)6-16-19(18(10)20)12(7-23)9-28(16)21(30)15-5-11-4-13(25-22(31)27-32)2-3-14(11)26-15/h2-6,8,12,24,26,29,32H,7,9H2,1H3,(H2,25,27,31). The highest BCUT2D eigenvalue weighted by Crippen LogP contribution is 2.46. The summed E-state index contributed by atoms with van der Waals surface area (Å²) in [5.74, 6) is 0.184. The van der Waals surface area contributed by atoms with E-state index in [2.05, 4.69) is 32.8 Å². The fourth-order valence-corrected chi connectivity index (χ4v) is 4.78. The van der Waals surface area contributed by atoms with Crippen LogP contribution in [-0.2, 0) is 0 Å². The molecule has 0 radical (unpaired) electrons. The number of anilines is 2. The van der Waals surface area contributed by atoms with Gasteiger partial charge in [-0.2, -0.15) is 0 Å². The Morgan fingerprint density at radius 2 is 2.12 bits per heavy atom. The number of aromatic nitrogens is 2.